The summed E-state index contributed by atoms with van der Waals surface area (Å²) in [5, 5.41) is 2.23. The van der Waals surface area contributed by atoms with E-state index >= 15 is 0 Å². The Morgan fingerprint density at radius 3 is 2.58 bits per heavy atom. The molecule has 1 saturated heterocycles. The van der Waals surface area contributed by atoms with Gasteiger partial charge in [-0.15, -0.1) is 6.58 Å². The highest BCUT2D eigenvalue weighted by atomic mass is 16.2. The van der Waals surface area contributed by atoms with Crippen LogP contribution in [0.25, 0.3) is 0 Å². The Bertz CT molecular complexity index is 192. The summed E-state index contributed by atoms with van der Waals surface area (Å²) in [5.41, 5.74) is 0. The van der Waals surface area contributed by atoms with Gasteiger partial charge in [-0.2, -0.15) is 0 Å². The Labute approximate surface area is 74.3 Å². The molecule has 3 heteroatoms. The number of nitrogens with one attached hydrogen (secondary N) is 1. The van der Waals surface area contributed by atoms with Crippen LogP contribution in [-0.4, -0.2) is 11.8 Å². The lowest BCUT2D eigenvalue weighted by Crippen LogP contribution is -2.39. The Morgan fingerprint density at radius 1 is 1.58 bits per heavy atom. The topological polar surface area (TPSA) is 46.2 Å². The predicted molar refractivity (Wildman–Crippen MR) is 49.5 cm³/mol. The van der Waals surface area contributed by atoms with Crippen LogP contribution >= 0.6 is 0 Å². The van der Waals surface area contributed by atoms with Gasteiger partial charge < -0.3 is 0 Å². The van der Waals surface area contributed by atoms with Crippen molar-refractivity contribution in [2.45, 2.75) is 26.7 Å². The van der Waals surface area contributed by atoms with Crippen LogP contribution in [0.3, 0.4) is 0 Å². The number of piperidine rings is 1. The predicted octanol–water partition coefficient (Wildman–Crippen LogP) is 1.50. The molecule has 0 spiro atoms. The SMILES string of the molecule is C=CC1CCC(=O)NC1=O.CC.[HH]. The summed E-state index contributed by atoms with van der Waals surface area (Å²) in [6.45, 7) is 7.49. The van der Waals surface area contributed by atoms with Crippen molar-refractivity contribution < 1.29 is 11.0 Å². The zero-order valence-electron chi connectivity index (χ0n) is 7.59. The smallest absolute Gasteiger partial charge is 0.233 e. The van der Waals surface area contributed by atoms with Crippen molar-refractivity contribution in [2.75, 3.05) is 0 Å². The van der Waals surface area contributed by atoms with Gasteiger partial charge in [0.25, 0.3) is 0 Å². The summed E-state index contributed by atoms with van der Waals surface area (Å²) in [6.07, 6.45) is 2.61. The summed E-state index contributed by atoms with van der Waals surface area (Å²) in [5.74, 6) is -0.563. The van der Waals surface area contributed by atoms with Crippen molar-refractivity contribution in [3.8, 4) is 0 Å². The highest BCUT2D eigenvalue weighted by Gasteiger charge is 2.23. The molecule has 1 aliphatic rings. The van der Waals surface area contributed by atoms with Gasteiger partial charge in [-0.05, 0) is 6.42 Å². The molecule has 1 unspecified atom stereocenters. The number of imide groups is 1. The van der Waals surface area contributed by atoms with Crippen LogP contribution < -0.4 is 5.32 Å². The van der Waals surface area contributed by atoms with Crippen molar-refractivity contribution in [3.05, 3.63) is 12.7 Å². The largest absolute Gasteiger partial charge is 0.296 e. The van der Waals surface area contributed by atoms with Gasteiger partial charge in [0.1, 0.15) is 0 Å². The molecule has 3 nitrogen and oxygen atoms in total. The van der Waals surface area contributed by atoms with Crippen molar-refractivity contribution in [3.63, 3.8) is 0 Å². The zero-order valence-corrected chi connectivity index (χ0v) is 7.59. The van der Waals surface area contributed by atoms with Crippen molar-refractivity contribution in [1.29, 1.82) is 0 Å². The average Bonchev–Trinajstić information content (AvgIpc) is 2.08. The highest BCUT2D eigenvalue weighted by Crippen LogP contribution is 2.11. The summed E-state index contributed by atoms with van der Waals surface area (Å²) in [4.78, 5) is 21.4. The second-order valence-electron chi connectivity index (χ2n) is 2.29. The summed E-state index contributed by atoms with van der Waals surface area (Å²) < 4.78 is 0. The lowest BCUT2D eigenvalue weighted by atomic mass is 9.99. The van der Waals surface area contributed by atoms with Gasteiger partial charge in [0.05, 0.1) is 5.92 Å². The standard InChI is InChI=1S/C7H9NO2.C2H6.H2/c1-2-5-3-4-6(9)8-7(5)10;1-2;/h2,5H,1,3-4H2,(H,8,9,10);1-2H3;1H. The van der Waals surface area contributed by atoms with E-state index in [0.29, 0.717) is 12.8 Å². The Balaban J connectivity index is 0. The second-order valence-corrected chi connectivity index (χ2v) is 2.29. The van der Waals surface area contributed by atoms with Crippen LogP contribution in [0.15, 0.2) is 12.7 Å². The monoisotopic (exact) mass is 171 g/mol. The fraction of sp³-hybridized carbons (Fsp3) is 0.556. The van der Waals surface area contributed by atoms with Gasteiger partial charge >= 0.3 is 0 Å². The summed E-state index contributed by atoms with van der Waals surface area (Å²) in [6, 6.07) is 0. The first kappa shape index (κ1) is 10.9. The molecule has 0 aromatic heterocycles. The third kappa shape index (κ3) is 2.86. The molecule has 70 valence electrons. The molecule has 0 aromatic rings. The van der Waals surface area contributed by atoms with Crippen LogP contribution in [0.5, 0.6) is 0 Å². The molecule has 0 radical (unpaired) electrons. The van der Waals surface area contributed by atoms with E-state index < -0.39 is 0 Å². The molecule has 0 aliphatic carbocycles. The molecule has 0 aromatic carbocycles. The minimum atomic E-state index is -0.216. The molecule has 1 aliphatic heterocycles. The fourth-order valence-electron chi connectivity index (χ4n) is 0.935. The van der Waals surface area contributed by atoms with Gasteiger partial charge in [-0.3, -0.25) is 14.9 Å². The number of hydrogen-bond acceptors (Lipinski definition) is 2. The van der Waals surface area contributed by atoms with E-state index in [9.17, 15) is 9.59 Å². The molecule has 1 rings (SSSR count). The molecular weight excluding hydrogens is 154 g/mol. The van der Waals surface area contributed by atoms with E-state index in [1.54, 1.807) is 6.08 Å². The van der Waals surface area contributed by atoms with Crippen molar-refractivity contribution in [2.24, 2.45) is 5.92 Å². The van der Waals surface area contributed by atoms with Crippen LogP contribution in [0.1, 0.15) is 28.1 Å². The molecule has 1 fully saturated rings. The van der Waals surface area contributed by atoms with E-state index in [1.807, 2.05) is 13.8 Å². The summed E-state index contributed by atoms with van der Waals surface area (Å²) in [7, 11) is 0. The molecule has 1 N–H and O–H groups in total. The minimum Gasteiger partial charge on any atom is -0.296 e. The van der Waals surface area contributed by atoms with Crippen molar-refractivity contribution in [1.82, 2.24) is 5.32 Å². The van der Waals surface area contributed by atoms with Gasteiger partial charge in [0, 0.05) is 7.85 Å². The zero-order chi connectivity index (χ0) is 9.56. The third-order valence-electron chi connectivity index (χ3n) is 1.57. The lowest BCUT2D eigenvalue weighted by molar-refractivity contribution is -0.135. The van der Waals surface area contributed by atoms with E-state index in [0.717, 1.165) is 0 Å². The molecule has 0 bridgehead atoms. The number of rotatable bonds is 1. The molecule has 12 heavy (non-hydrogen) atoms. The first-order valence-corrected chi connectivity index (χ1v) is 4.20. The normalized spacial score (nSPS) is 22.0. The first-order valence-electron chi connectivity index (χ1n) is 4.20. The third-order valence-corrected chi connectivity index (χ3v) is 1.57. The maximum atomic E-state index is 10.8. The number of carbonyl (C=O) groups excluding carboxylic acids is 2. The van der Waals surface area contributed by atoms with E-state index in [2.05, 4.69) is 11.9 Å². The maximum Gasteiger partial charge on any atom is 0.233 e. The Morgan fingerprint density at radius 2 is 2.17 bits per heavy atom. The molecule has 1 heterocycles. The van der Waals surface area contributed by atoms with Crippen LogP contribution in [0.4, 0.5) is 0 Å². The van der Waals surface area contributed by atoms with Crippen LogP contribution in [-0.2, 0) is 9.59 Å². The number of amides is 2. The summed E-state index contributed by atoms with van der Waals surface area (Å²) >= 11 is 0. The average molecular weight is 171 g/mol. The second kappa shape index (κ2) is 5.52. The molecule has 2 amide bonds. The Hall–Kier alpha value is -1.12. The van der Waals surface area contributed by atoms with E-state index in [1.165, 1.54) is 0 Å². The highest BCUT2D eigenvalue weighted by molar-refractivity contribution is 5.99. The van der Waals surface area contributed by atoms with Gasteiger partial charge in [-0.25, -0.2) is 0 Å². The van der Waals surface area contributed by atoms with Crippen molar-refractivity contribution >= 4 is 11.8 Å². The maximum absolute atomic E-state index is 10.8. The van der Waals surface area contributed by atoms with Crippen LogP contribution in [0, 0.1) is 5.92 Å². The first-order chi connectivity index (χ1) is 5.74. The molecule has 0 saturated carbocycles. The number of hydrogen-bond donors (Lipinski definition) is 1. The minimum absolute atomic E-state index is 0. The number of carbonyl (C=O) groups is 2. The molecular formula is C9H17NO2. The fourth-order valence-corrected chi connectivity index (χ4v) is 0.935. The Kier molecular flexibility index (Phi) is 5.00. The quantitative estimate of drug-likeness (QED) is 0.480. The van der Waals surface area contributed by atoms with Gasteiger partial charge in [0.2, 0.25) is 11.8 Å². The molecule has 1 atom stereocenters. The van der Waals surface area contributed by atoms with Gasteiger partial charge in [0.15, 0.2) is 0 Å². The van der Waals surface area contributed by atoms with Crippen LogP contribution in [0.2, 0.25) is 0 Å². The lowest BCUT2D eigenvalue weighted by Gasteiger charge is -2.16. The van der Waals surface area contributed by atoms with E-state index in [4.69, 9.17) is 0 Å². The van der Waals surface area contributed by atoms with E-state index in [-0.39, 0.29) is 19.2 Å². The van der Waals surface area contributed by atoms with Gasteiger partial charge in [-0.1, -0.05) is 19.9 Å².